The van der Waals surface area contributed by atoms with Gasteiger partial charge in [0.05, 0.1) is 0 Å². The van der Waals surface area contributed by atoms with E-state index in [-0.39, 0.29) is 12.5 Å². The molecule has 0 spiro atoms. The summed E-state index contributed by atoms with van der Waals surface area (Å²) in [6, 6.07) is 3.34. The van der Waals surface area contributed by atoms with Crippen LogP contribution in [-0.4, -0.2) is 27.6 Å². The standard InChI is InChI=1S/C13H19N3O3/c1-13(2,6-5-11(17)18)16-12(19)15-9-10-4-3-7-14-8-10/h3-4,7-8H,5-6,9H2,1-2H3,(H,17,18)(H2,15,16,19). The predicted octanol–water partition coefficient (Wildman–Crippen LogP) is 1.52. The van der Waals surface area contributed by atoms with Crippen LogP contribution >= 0.6 is 0 Å². The molecule has 0 saturated carbocycles. The first-order chi connectivity index (χ1) is 8.89. The molecule has 1 rings (SSSR count). The van der Waals surface area contributed by atoms with Crippen molar-refractivity contribution in [3.63, 3.8) is 0 Å². The molecular weight excluding hydrogens is 246 g/mol. The van der Waals surface area contributed by atoms with Crippen LogP contribution in [0.3, 0.4) is 0 Å². The number of pyridine rings is 1. The fourth-order valence-electron chi connectivity index (χ4n) is 1.52. The van der Waals surface area contributed by atoms with E-state index >= 15 is 0 Å². The van der Waals surface area contributed by atoms with Crippen molar-refractivity contribution in [2.45, 2.75) is 38.8 Å². The molecule has 0 saturated heterocycles. The van der Waals surface area contributed by atoms with Gasteiger partial charge in [-0.05, 0) is 31.9 Å². The maximum Gasteiger partial charge on any atom is 0.315 e. The Morgan fingerprint density at radius 2 is 2.16 bits per heavy atom. The third-order valence-electron chi connectivity index (χ3n) is 2.59. The van der Waals surface area contributed by atoms with Crippen LogP contribution in [0.4, 0.5) is 4.79 Å². The number of urea groups is 1. The SMILES string of the molecule is CC(C)(CCC(=O)O)NC(=O)NCc1cccnc1. The van der Waals surface area contributed by atoms with E-state index in [1.165, 1.54) is 0 Å². The van der Waals surface area contributed by atoms with Crippen LogP contribution in [-0.2, 0) is 11.3 Å². The zero-order valence-corrected chi connectivity index (χ0v) is 11.1. The minimum atomic E-state index is -0.870. The summed E-state index contributed by atoms with van der Waals surface area (Å²) in [5, 5.41) is 14.1. The Hall–Kier alpha value is -2.11. The Bertz CT molecular complexity index is 432. The van der Waals surface area contributed by atoms with Crippen LogP contribution in [0.5, 0.6) is 0 Å². The number of carbonyl (C=O) groups is 2. The van der Waals surface area contributed by atoms with Gasteiger partial charge in [0.2, 0.25) is 0 Å². The van der Waals surface area contributed by atoms with Crippen LogP contribution in [0.2, 0.25) is 0 Å². The molecule has 104 valence electrons. The third-order valence-corrected chi connectivity index (χ3v) is 2.59. The van der Waals surface area contributed by atoms with Gasteiger partial charge in [-0.15, -0.1) is 0 Å². The highest BCUT2D eigenvalue weighted by Gasteiger charge is 2.21. The van der Waals surface area contributed by atoms with Gasteiger partial charge in [-0.3, -0.25) is 9.78 Å². The quantitative estimate of drug-likeness (QED) is 0.727. The van der Waals surface area contributed by atoms with Gasteiger partial charge < -0.3 is 15.7 Å². The minimum absolute atomic E-state index is 0.0237. The van der Waals surface area contributed by atoms with Crippen LogP contribution < -0.4 is 10.6 Å². The van der Waals surface area contributed by atoms with Crippen molar-refractivity contribution in [2.24, 2.45) is 0 Å². The first-order valence-electron chi connectivity index (χ1n) is 6.06. The van der Waals surface area contributed by atoms with Gasteiger partial charge in [0, 0.05) is 30.9 Å². The van der Waals surface area contributed by atoms with Crippen LogP contribution in [0.15, 0.2) is 24.5 Å². The van der Waals surface area contributed by atoms with Crippen molar-refractivity contribution < 1.29 is 14.7 Å². The number of hydrogen-bond donors (Lipinski definition) is 3. The zero-order valence-electron chi connectivity index (χ0n) is 11.1. The van der Waals surface area contributed by atoms with Gasteiger partial charge >= 0.3 is 12.0 Å². The van der Waals surface area contributed by atoms with Crippen molar-refractivity contribution in [3.8, 4) is 0 Å². The number of aliphatic carboxylic acids is 1. The number of amides is 2. The van der Waals surface area contributed by atoms with Gasteiger partial charge in [-0.2, -0.15) is 0 Å². The molecule has 6 heteroatoms. The molecule has 6 nitrogen and oxygen atoms in total. The first-order valence-corrected chi connectivity index (χ1v) is 6.06. The van der Waals surface area contributed by atoms with E-state index in [9.17, 15) is 9.59 Å². The molecule has 0 aliphatic heterocycles. The predicted molar refractivity (Wildman–Crippen MR) is 70.6 cm³/mol. The smallest absolute Gasteiger partial charge is 0.315 e. The monoisotopic (exact) mass is 265 g/mol. The summed E-state index contributed by atoms with van der Waals surface area (Å²) in [7, 11) is 0. The highest BCUT2D eigenvalue weighted by molar-refractivity contribution is 5.74. The molecule has 0 fully saturated rings. The van der Waals surface area contributed by atoms with Crippen molar-refractivity contribution in [3.05, 3.63) is 30.1 Å². The van der Waals surface area contributed by atoms with E-state index < -0.39 is 11.5 Å². The molecule has 19 heavy (non-hydrogen) atoms. The van der Waals surface area contributed by atoms with E-state index in [4.69, 9.17) is 5.11 Å². The number of carboxylic acid groups (broad SMARTS) is 1. The minimum Gasteiger partial charge on any atom is -0.481 e. The summed E-state index contributed by atoms with van der Waals surface area (Å²) in [6.07, 6.45) is 3.74. The molecule has 0 radical (unpaired) electrons. The maximum absolute atomic E-state index is 11.7. The third kappa shape index (κ3) is 6.40. The fraction of sp³-hybridized carbons (Fsp3) is 0.462. The lowest BCUT2D eigenvalue weighted by atomic mass is 9.99. The Kier molecular flexibility index (Phi) is 5.29. The topological polar surface area (TPSA) is 91.3 Å². The van der Waals surface area contributed by atoms with Gasteiger partial charge in [0.15, 0.2) is 0 Å². The first kappa shape index (κ1) is 14.9. The molecule has 0 bridgehead atoms. The Morgan fingerprint density at radius 1 is 1.42 bits per heavy atom. The Balaban J connectivity index is 2.36. The second-order valence-corrected chi connectivity index (χ2v) is 4.95. The van der Waals surface area contributed by atoms with E-state index in [1.807, 2.05) is 6.07 Å². The summed E-state index contributed by atoms with van der Waals surface area (Å²) in [5.74, 6) is -0.870. The fourth-order valence-corrected chi connectivity index (χ4v) is 1.52. The van der Waals surface area contributed by atoms with Crippen molar-refractivity contribution in [1.82, 2.24) is 15.6 Å². The molecule has 0 atom stereocenters. The molecule has 0 aliphatic rings. The van der Waals surface area contributed by atoms with Gasteiger partial charge in [-0.1, -0.05) is 6.07 Å². The normalized spacial score (nSPS) is 10.8. The Morgan fingerprint density at radius 3 is 2.74 bits per heavy atom. The highest BCUT2D eigenvalue weighted by atomic mass is 16.4. The van der Waals surface area contributed by atoms with E-state index in [0.29, 0.717) is 13.0 Å². The number of rotatable bonds is 6. The largest absolute Gasteiger partial charge is 0.481 e. The lowest BCUT2D eigenvalue weighted by molar-refractivity contribution is -0.137. The number of nitrogens with one attached hydrogen (secondary N) is 2. The molecule has 3 N–H and O–H groups in total. The molecule has 1 heterocycles. The van der Waals surface area contributed by atoms with E-state index in [0.717, 1.165) is 5.56 Å². The maximum atomic E-state index is 11.7. The number of nitrogens with zero attached hydrogens (tertiary/aromatic N) is 1. The average molecular weight is 265 g/mol. The molecule has 1 aromatic rings. The second-order valence-electron chi connectivity index (χ2n) is 4.95. The summed E-state index contributed by atoms with van der Waals surface area (Å²) in [5.41, 5.74) is 0.346. The molecule has 0 aliphatic carbocycles. The van der Waals surface area contributed by atoms with Gasteiger partial charge in [0.1, 0.15) is 0 Å². The summed E-state index contributed by atoms with van der Waals surface area (Å²) in [6.45, 7) is 3.97. The number of carbonyl (C=O) groups excluding carboxylic acids is 1. The van der Waals surface area contributed by atoms with E-state index in [2.05, 4.69) is 15.6 Å². The number of aromatic nitrogens is 1. The lowest BCUT2D eigenvalue weighted by Gasteiger charge is -2.25. The number of hydrogen-bond acceptors (Lipinski definition) is 3. The summed E-state index contributed by atoms with van der Waals surface area (Å²) < 4.78 is 0. The van der Waals surface area contributed by atoms with Crippen molar-refractivity contribution in [1.29, 1.82) is 0 Å². The molecule has 1 aromatic heterocycles. The molecule has 0 unspecified atom stereocenters. The zero-order chi connectivity index (χ0) is 14.3. The van der Waals surface area contributed by atoms with Crippen LogP contribution in [0.1, 0.15) is 32.3 Å². The summed E-state index contributed by atoms with van der Waals surface area (Å²) >= 11 is 0. The Labute approximate surface area is 112 Å². The molecule has 0 aromatic carbocycles. The van der Waals surface area contributed by atoms with Gasteiger partial charge in [-0.25, -0.2) is 4.79 Å². The molecular formula is C13H19N3O3. The van der Waals surface area contributed by atoms with Crippen LogP contribution in [0.25, 0.3) is 0 Å². The molecule has 2 amide bonds. The lowest BCUT2D eigenvalue weighted by Crippen LogP contribution is -2.48. The second kappa shape index (κ2) is 6.72. The van der Waals surface area contributed by atoms with Crippen LogP contribution in [0, 0.1) is 0 Å². The average Bonchev–Trinajstić information content (AvgIpc) is 2.35. The van der Waals surface area contributed by atoms with E-state index in [1.54, 1.807) is 32.3 Å². The van der Waals surface area contributed by atoms with Gasteiger partial charge in [0.25, 0.3) is 0 Å². The van der Waals surface area contributed by atoms with Crippen molar-refractivity contribution in [2.75, 3.05) is 0 Å². The number of carboxylic acids is 1. The highest BCUT2D eigenvalue weighted by Crippen LogP contribution is 2.10. The summed E-state index contributed by atoms with van der Waals surface area (Å²) in [4.78, 5) is 26.1. The van der Waals surface area contributed by atoms with Crippen molar-refractivity contribution >= 4 is 12.0 Å².